The van der Waals surface area contributed by atoms with E-state index in [4.69, 9.17) is 9.57 Å². The second kappa shape index (κ2) is 7.31. The lowest BCUT2D eigenvalue weighted by Crippen LogP contribution is -2.05. The van der Waals surface area contributed by atoms with Crippen LogP contribution in [-0.2, 0) is 4.84 Å². The summed E-state index contributed by atoms with van der Waals surface area (Å²) >= 11 is 0. The largest absolute Gasteiger partial charge is 0.496 e. The number of hydrogen-bond donors (Lipinski definition) is 1. The van der Waals surface area contributed by atoms with Crippen molar-refractivity contribution in [2.45, 2.75) is 6.10 Å². The van der Waals surface area contributed by atoms with E-state index in [1.165, 1.54) is 0 Å². The lowest BCUT2D eigenvalue weighted by atomic mass is 10.1. The van der Waals surface area contributed by atoms with Gasteiger partial charge >= 0.3 is 0 Å². The SMILES string of the molecule is COc1ccccc1/C=N/O[C@H](CO)c1ccccc1. The van der Waals surface area contributed by atoms with Gasteiger partial charge in [-0.1, -0.05) is 47.6 Å². The van der Waals surface area contributed by atoms with Crippen LogP contribution in [0.4, 0.5) is 0 Å². The lowest BCUT2D eigenvalue weighted by Gasteiger charge is -2.12. The molecule has 2 rings (SSSR count). The molecule has 0 aromatic heterocycles. The molecule has 0 spiro atoms. The van der Waals surface area contributed by atoms with Gasteiger partial charge in [0.05, 0.1) is 19.9 Å². The van der Waals surface area contributed by atoms with Crippen LogP contribution in [0.1, 0.15) is 17.2 Å². The highest BCUT2D eigenvalue weighted by Gasteiger charge is 2.10. The smallest absolute Gasteiger partial charge is 0.175 e. The number of hydrogen-bond acceptors (Lipinski definition) is 4. The summed E-state index contributed by atoms with van der Waals surface area (Å²) < 4.78 is 5.22. The van der Waals surface area contributed by atoms with Crippen LogP contribution in [0.3, 0.4) is 0 Å². The van der Waals surface area contributed by atoms with Crippen molar-refractivity contribution >= 4 is 6.21 Å². The van der Waals surface area contributed by atoms with Crippen LogP contribution in [0, 0.1) is 0 Å². The fourth-order valence-corrected chi connectivity index (χ4v) is 1.80. The van der Waals surface area contributed by atoms with Crippen LogP contribution < -0.4 is 4.74 Å². The number of aliphatic hydroxyl groups is 1. The molecule has 0 saturated heterocycles. The zero-order valence-electron chi connectivity index (χ0n) is 11.3. The van der Waals surface area contributed by atoms with E-state index in [-0.39, 0.29) is 6.61 Å². The Morgan fingerprint density at radius 2 is 1.80 bits per heavy atom. The average Bonchev–Trinajstić information content (AvgIpc) is 2.53. The molecule has 2 aromatic carbocycles. The van der Waals surface area contributed by atoms with Gasteiger partial charge in [-0.2, -0.15) is 0 Å². The average molecular weight is 271 g/mol. The first-order chi connectivity index (χ1) is 9.85. The number of ether oxygens (including phenoxy) is 1. The van der Waals surface area contributed by atoms with Gasteiger partial charge in [-0.25, -0.2) is 0 Å². The van der Waals surface area contributed by atoms with E-state index >= 15 is 0 Å². The van der Waals surface area contributed by atoms with Crippen LogP contribution in [0.5, 0.6) is 5.75 Å². The van der Waals surface area contributed by atoms with Gasteiger partial charge in [0.1, 0.15) is 5.75 Å². The van der Waals surface area contributed by atoms with Crippen molar-refractivity contribution in [1.29, 1.82) is 0 Å². The van der Waals surface area contributed by atoms with Crippen molar-refractivity contribution < 1.29 is 14.7 Å². The first-order valence-electron chi connectivity index (χ1n) is 6.33. The summed E-state index contributed by atoms with van der Waals surface area (Å²) in [5.74, 6) is 0.722. The summed E-state index contributed by atoms with van der Waals surface area (Å²) in [6.45, 7) is -0.132. The Labute approximate surface area is 118 Å². The van der Waals surface area contributed by atoms with Crippen LogP contribution >= 0.6 is 0 Å². The number of rotatable bonds is 6. The minimum atomic E-state index is -0.470. The van der Waals surface area contributed by atoms with Gasteiger partial charge in [0.2, 0.25) is 0 Å². The van der Waals surface area contributed by atoms with Crippen molar-refractivity contribution in [2.24, 2.45) is 5.16 Å². The maximum absolute atomic E-state index is 9.35. The van der Waals surface area contributed by atoms with Crippen molar-refractivity contribution in [3.05, 3.63) is 65.7 Å². The fraction of sp³-hybridized carbons (Fsp3) is 0.188. The molecular formula is C16H17NO3. The predicted molar refractivity (Wildman–Crippen MR) is 77.9 cm³/mol. The van der Waals surface area contributed by atoms with Gasteiger partial charge in [-0.15, -0.1) is 0 Å². The minimum absolute atomic E-state index is 0.132. The van der Waals surface area contributed by atoms with Crippen molar-refractivity contribution in [1.82, 2.24) is 0 Å². The first kappa shape index (κ1) is 14.1. The van der Waals surface area contributed by atoms with Crippen LogP contribution in [-0.4, -0.2) is 25.0 Å². The Bertz CT molecular complexity index is 555. The lowest BCUT2D eigenvalue weighted by molar-refractivity contribution is 0.0163. The highest BCUT2D eigenvalue weighted by Crippen LogP contribution is 2.18. The molecule has 0 aliphatic rings. The standard InChI is InChI=1S/C16H17NO3/c1-19-15-10-6-5-9-14(15)11-17-20-16(12-18)13-7-3-2-4-8-13/h2-11,16,18H,12H2,1H3/b17-11+/t16-/m1/s1. The van der Waals surface area contributed by atoms with E-state index in [2.05, 4.69) is 5.16 Å². The van der Waals surface area contributed by atoms with E-state index in [1.54, 1.807) is 13.3 Å². The monoisotopic (exact) mass is 271 g/mol. The summed E-state index contributed by atoms with van der Waals surface area (Å²) in [5, 5.41) is 13.3. The highest BCUT2D eigenvalue weighted by atomic mass is 16.6. The topological polar surface area (TPSA) is 51.0 Å². The molecule has 0 aliphatic carbocycles. The van der Waals surface area contributed by atoms with Gasteiger partial charge in [0.25, 0.3) is 0 Å². The summed E-state index contributed by atoms with van der Waals surface area (Å²) in [4.78, 5) is 5.34. The summed E-state index contributed by atoms with van der Waals surface area (Å²) in [6, 6.07) is 17.0. The molecule has 4 nitrogen and oxygen atoms in total. The van der Waals surface area contributed by atoms with Gasteiger partial charge in [-0.05, 0) is 17.7 Å². The number of nitrogens with zero attached hydrogens (tertiary/aromatic N) is 1. The number of methoxy groups -OCH3 is 1. The fourth-order valence-electron chi connectivity index (χ4n) is 1.80. The van der Waals surface area contributed by atoms with Crippen LogP contribution in [0.2, 0.25) is 0 Å². The number of benzene rings is 2. The molecule has 0 amide bonds. The summed E-state index contributed by atoms with van der Waals surface area (Å²) in [7, 11) is 1.61. The molecule has 20 heavy (non-hydrogen) atoms. The minimum Gasteiger partial charge on any atom is -0.496 e. The summed E-state index contributed by atoms with van der Waals surface area (Å²) in [5.41, 5.74) is 1.70. The normalized spacial score (nSPS) is 12.3. The Morgan fingerprint density at radius 1 is 1.10 bits per heavy atom. The molecule has 1 atom stereocenters. The van der Waals surface area contributed by atoms with E-state index in [0.717, 1.165) is 16.9 Å². The molecule has 2 aromatic rings. The molecule has 0 unspecified atom stereocenters. The van der Waals surface area contributed by atoms with E-state index in [0.29, 0.717) is 0 Å². The van der Waals surface area contributed by atoms with Crippen molar-refractivity contribution in [3.8, 4) is 5.75 Å². The molecule has 1 N–H and O–H groups in total. The van der Waals surface area contributed by atoms with Crippen molar-refractivity contribution in [3.63, 3.8) is 0 Å². The Hall–Kier alpha value is -2.33. The maximum Gasteiger partial charge on any atom is 0.175 e. The zero-order valence-corrected chi connectivity index (χ0v) is 11.3. The third kappa shape index (κ3) is 3.59. The number of oxime groups is 1. The number of para-hydroxylation sites is 1. The van der Waals surface area contributed by atoms with Crippen molar-refractivity contribution in [2.75, 3.05) is 13.7 Å². The van der Waals surface area contributed by atoms with Gasteiger partial charge < -0.3 is 14.7 Å². The van der Waals surface area contributed by atoms with Gasteiger partial charge in [-0.3, -0.25) is 0 Å². The summed E-state index contributed by atoms with van der Waals surface area (Å²) in [6.07, 6.45) is 1.10. The Morgan fingerprint density at radius 3 is 2.50 bits per heavy atom. The molecule has 0 radical (unpaired) electrons. The van der Waals surface area contributed by atoms with E-state index in [1.807, 2.05) is 54.6 Å². The molecule has 0 saturated carbocycles. The molecule has 0 bridgehead atoms. The Balaban J connectivity index is 2.05. The van der Waals surface area contributed by atoms with Crippen LogP contribution in [0.15, 0.2) is 59.8 Å². The highest BCUT2D eigenvalue weighted by molar-refractivity contribution is 5.82. The maximum atomic E-state index is 9.35. The third-order valence-electron chi connectivity index (χ3n) is 2.86. The Kier molecular flexibility index (Phi) is 5.15. The van der Waals surface area contributed by atoms with E-state index in [9.17, 15) is 5.11 Å². The first-order valence-corrected chi connectivity index (χ1v) is 6.33. The third-order valence-corrected chi connectivity index (χ3v) is 2.86. The van der Waals surface area contributed by atoms with Gasteiger partial charge in [0.15, 0.2) is 6.10 Å². The number of aliphatic hydroxyl groups excluding tert-OH is 1. The predicted octanol–water partition coefficient (Wildman–Crippen LogP) is 2.78. The molecule has 0 heterocycles. The zero-order chi connectivity index (χ0) is 14.2. The van der Waals surface area contributed by atoms with Crippen LogP contribution in [0.25, 0.3) is 0 Å². The molecule has 4 heteroatoms. The van der Waals surface area contributed by atoms with Gasteiger partial charge in [0, 0.05) is 5.56 Å². The van der Waals surface area contributed by atoms with E-state index < -0.39 is 6.10 Å². The molecular weight excluding hydrogens is 254 g/mol. The molecule has 104 valence electrons. The molecule has 0 aliphatic heterocycles. The molecule has 0 fully saturated rings. The second-order valence-electron chi connectivity index (χ2n) is 4.16. The second-order valence-corrected chi connectivity index (χ2v) is 4.16. The quantitative estimate of drug-likeness (QED) is 0.649.